The topological polar surface area (TPSA) is 66.1 Å². The predicted molar refractivity (Wildman–Crippen MR) is 93.0 cm³/mol. The van der Waals surface area contributed by atoms with E-state index in [1.165, 1.54) is 0 Å². The fourth-order valence-corrected chi connectivity index (χ4v) is 3.38. The minimum atomic E-state index is 0.824. The molecule has 0 unspecified atom stereocenters. The van der Waals surface area contributed by atoms with E-state index in [4.69, 9.17) is 4.74 Å². The molecule has 120 valence electrons. The van der Waals surface area contributed by atoms with Crippen LogP contribution in [0.25, 0.3) is 21.6 Å². The van der Waals surface area contributed by atoms with Crippen LogP contribution in [0.2, 0.25) is 0 Å². The second-order valence-electron chi connectivity index (χ2n) is 5.54. The van der Waals surface area contributed by atoms with Gasteiger partial charge in [0.15, 0.2) is 0 Å². The molecule has 6 nitrogen and oxygen atoms in total. The largest absolute Gasteiger partial charge is 0.379 e. The minimum Gasteiger partial charge on any atom is -0.379 e. The molecule has 0 bridgehead atoms. The van der Waals surface area contributed by atoms with Gasteiger partial charge < -0.3 is 15.0 Å². The van der Waals surface area contributed by atoms with Crippen molar-refractivity contribution in [3.8, 4) is 10.6 Å². The summed E-state index contributed by atoms with van der Waals surface area (Å²) in [6.07, 6.45) is 1.83. The molecule has 0 radical (unpaired) electrons. The summed E-state index contributed by atoms with van der Waals surface area (Å²) in [6.45, 7) is 5.58. The van der Waals surface area contributed by atoms with E-state index in [2.05, 4.69) is 37.3 Å². The van der Waals surface area contributed by atoms with E-state index in [1.807, 2.05) is 17.6 Å². The van der Waals surface area contributed by atoms with E-state index in [9.17, 15) is 0 Å². The molecule has 1 saturated heterocycles. The smallest absolute Gasteiger partial charge is 0.201 e. The average Bonchev–Trinajstić information content (AvgIpc) is 3.24. The number of hydrogen-bond acceptors (Lipinski definition) is 6. The summed E-state index contributed by atoms with van der Waals surface area (Å²) in [5.41, 5.74) is 3.13. The highest BCUT2D eigenvalue weighted by Gasteiger charge is 2.10. The summed E-state index contributed by atoms with van der Waals surface area (Å²) in [4.78, 5) is 14.7. The van der Waals surface area contributed by atoms with Crippen LogP contribution in [0.1, 0.15) is 0 Å². The van der Waals surface area contributed by atoms with E-state index in [0.29, 0.717) is 0 Å². The molecule has 1 aliphatic rings. The van der Waals surface area contributed by atoms with Gasteiger partial charge in [-0.1, -0.05) is 0 Å². The first-order chi connectivity index (χ1) is 11.4. The number of thiazole rings is 1. The van der Waals surface area contributed by atoms with Crippen molar-refractivity contribution >= 4 is 28.3 Å². The zero-order valence-corrected chi connectivity index (χ0v) is 13.6. The number of rotatable bonds is 5. The monoisotopic (exact) mass is 329 g/mol. The number of nitrogens with one attached hydrogen (secondary N) is 2. The van der Waals surface area contributed by atoms with Crippen LogP contribution in [0, 0.1) is 0 Å². The number of H-pyrrole nitrogens is 1. The van der Waals surface area contributed by atoms with Gasteiger partial charge in [-0.05, 0) is 18.2 Å². The lowest BCUT2D eigenvalue weighted by Crippen LogP contribution is -2.39. The number of anilines is 1. The van der Waals surface area contributed by atoms with Crippen molar-refractivity contribution in [3.05, 3.63) is 29.8 Å². The van der Waals surface area contributed by atoms with Crippen molar-refractivity contribution in [3.63, 3.8) is 0 Å². The summed E-state index contributed by atoms with van der Waals surface area (Å²) in [5, 5.41) is 6.40. The van der Waals surface area contributed by atoms with E-state index in [0.717, 1.165) is 66.9 Å². The van der Waals surface area contributed by atoms with Crippen LogP contribution < -0.4 is 5.32 Å². The minimum absolute atomic E-state index is 0.824. The number of aromatic nitrogens is 3. The van der Waals surface area contributed by atoms with Crippen LogP contribution in [0.3, 0.4) is 0 Å². The summed E-state index contributed by atoms with van der Waals surface area (Å²) < 4.78 is 5.36. The lowest BCUT2D eigenvalue weighted by atomic mass is 10.2. The molecule has 0 saturated carbocycles. The summed E-state index contributed by atoms with van der Waals surface area (Å²) in [7, 11) is 0. The second kappa shape index (κ2) is 6.66. The number of aromatic amines is 1. The first-order valence-corrected chi connectivity index (χ1v) is 8.70. The number of morpholine rings is 1. The fraction of sp³-hybridized carbons (Fsp3) is 0.375. The number of nitrogens with zero attached hydrogens (tertiary/aromatic N) is 3. The Morgan fingerprint density at radius 2 is 2.22 bits per heavy atom. The molecule has 1 fully saturated rings. The van der Waals surface area contributed by atoms with E-state index in [-0.39, 0.29) is 0 Å². The molecule has 1 aromatic carbocycles. The molecular formula is C16H19N5OS. The Bertz CT molecular complexity index is 764. The molecule has 3 aromatic rings. The third kappa shape index (κ3) is 3.36. The number of hydrogen-bond donors (Lipinski definition) is 2. The molecule has 3 heterocycles. The Balaban J connectivity index is 1.42. The van der Waals surface area contributed by atoms with E-state index in [1.54, 1.807) is 11.3 Å². The third-order valence-electron chi connectivity index (χ3n) is 3.99. The molecule has 2 aromatic heterocycles. The van der Waals surface area contributed by atoms with Gasteiger partial charge in [-0.2, -0.15) is 0 Å². The highest BCUT2D eigenvalue weighted by molar-refractivity contribution is 7.13. The van der Waals surface area contributed by atoms with Gasteiger partial charge in [0.1, 0.15) is 5.01 Å². The number of ether oxygens (including phenoxy) is 1. The molecule has 4 rings (SSSR count). The molecule has 0 amide bonds. The average molecular weight is 329 g/mol. The summed E-state index contributed by atoms with van der Waals surface area (Å²) in [6, 6.07) is 6.21. The quantitative estimate of drug-likeness (QED) is 0.752. The van der Waals surface area contributed by atoms with Gasteiger partial charge in [-0.15, -0.1) is 11.3 Å². The first kappa shape index (κ1) is 14.6. The summed E-state index contributed by atoms with van der Waals surface area (Å²) >= 11 is 1.64. The maximum atomic E-state index is 5.36. The van der Waals surface area contributed by atoms with E-state index >= 15 is 0 Å². The van der Waals surface area contributed by atoms with Crippen LogP contribution >= 0.6 is 11.3 Å². The van der Waals surface area contributed by atoms with Gasteiger partial charge in [0.2, 0.25) is 5.95 Å². The Kier molecular flexibility index (Phi) is 4.23. The van der Waals surface area contributed by atoms with Gasteiger partial charge in [-0.3, -0.25) is 4.90 Å². The van der Waals surface area contributed by atoms with Crippen molar-refractivity contribution in [1.29, 1.82) is 0 Å². The Hall–Kier alpha value is -1.96. The van der Waals surface area contributed by atoms with Gasteiger partial charge in [-0.25, -0.2) is 9.97 Å². The highest BCUT2D eigenvalue weighted by Crippen LogP contribution is 2.25. The van der Waals surface area contributed by atoms with Gasteiger partial charge in [0, 0.05) is 43.3 Å². The number of fused-ring (bicyclic) bond motifs is 1. The van der Waals surface area contributed by atoms with Crippen molar-refractivity contribution in [2.45, 2.75) is 0 Å². The van der Waals surface area contributed by atoms with Gasteiger partial charge >= 0.3 is 0 Å². The van der Waals surface area contributed by atoms with Crippen molar-refractivity contribution in [1.82, 2.24) is 19.9 Å². The standard InChI is InChI=1S/C16H19N5OS/c1-2-13-14(11-12(1)15-17-4-10-23-15)20-16(19-13)18-3-5-21-6-8-22-9-7-21/h1-2,4,10-11H,3,5-9H2,(H2,18,19,20). The number of imidazole rings is 1. The van der Waals surface area contributed by atoms with Crippen LogP contribution in [-0.2, 0) is 4.74 Å². The lowest BCUT2D eigenvalue weighted by molar-refractivity contribution is 0.0398. The maximum Gasteiger partial charge on any atom is 0.201 e. The predicted octanol–water partition coefficient (Wildman–Crippen LogP) is 2.43. The maximum absolute atomic E-state index is 5.36. The van der Waals surface area contributed by atoms with Crippen LogP contribution in [0.5, 0.6) is 0 Å². The fourth-order valence-electron chi connectivity index (χ4n) is 2.75. The van der Waals surface area contributed by atoms with Crippen molar-refractivity contribution in [2.24, 2.45) is 0 Å². The second-order valence-corrected chi connectivity index (χ2v) is 6.43. The van der Waals surface area contributed by atoms with Gasteiger partial charge in [0.05, 0.1) is 24.2 Å². The van der Waals surface area contributed by atoms with Crippen LogP contribution in [0.4, 0.5) is 5.95 Å². The molecule has 2 N–H and O–H groups in total. The lowest BCUT2D eigenvalue weighted by Gasteiger charge is -2.26. The molecule has 0 spiro atoms. The summed E-state index contributed by atoms with van der Waals surface area (Å²) in [5.74, 6) is 0.824. The molecule has 0 aliphatic carbocycles. The van der Waals surface area contributed by atoms with Gasteiger partial charge in [0.25, 0.3) is 0 Å². The zero-order chi connectivity index (χ0) is 15.5. The molecular weight excluding hydrogens is 310 g/mol. The SMILES string of the molecule is c1csc(-c2ccc3nc(NCCN4CCOCC4)[nH]c3c2)n1. The van der Waals surface area contributed by atoms with Crippen molar-refractivity contribution in [2.75, 3.05) is 44.7 Å². The highest BCUT2D eigenvalue weighted by atomic mass is 32.1. The Morgan fingerprint density at radius 3 is 3.04 bits per heavy atom. The Morgan fingerprint density at radius 1 is 1.30 bits per heavy atom. The molecule has 0 atom stereocenters. The van der Waals surface area contributed by atoms with Crippen LogP contribution in [-0.4, -0.2) is 59.2 Å². The molecule has 1 aliphatic heterocycles. The zero-order valence-electron chi connectivity index (χ0n) is 12.8. The van der Waals surface area contributed by atoms with Crippen molar-refractivity contribution < 1.29 is 4.74 Å². The molecule has 7 heteroatoms. The number of benzene rings is 1. The first-order valence-electron chi connectivity index (χ1n) is 7.82. The molecule has 23 heavy (non-hydrogen) atoms. The Labute approximate surface area is 138 Å². The normalized spacial score (nSPS) is 16.0. The van der Waals surface area contributed by atoms with E-state index < -0.39 is 0 Å². The third-order valence-corrected chi connectivity index (χ3v) is 4.81. The van der Waals surface area contributed by atoms with Crippen LogP contribution in [0.15, 0.2) is 29.8 Å².